The number of hydrogen-bond acceptors (Lipinski definition) is 2. The van der Waals surface area contributed by atoms with E-state index >= 15 is 0 Å². The van der Waals surface area contributed by atoms with Gasteiger partial charge in [0, 0.05) is 11.1 Å². The van der Waals surface area contributed by atoms with Crippen LogP contribution in [0.4, 0.5) is 30.7 Å². The predicted octanol–water partition coefficient (Wildman–Crippen LogP) is 3.08. The Balaban J connectivity index is 2.84. The lowest BCUT2D eigenvalue weighted by Gasteiger charge is -2.33. The van der Waals surface area contributed by atoms with Crippen LogP contribution in [0.2, 0.25) is 0 Å². The number of carbonyl (C=O) groups is 2. The van der Waals surface area contributed by atoms with E-state index in [9.17, 15) is 40.3 Å². The molecule has 1 aliphatic carbocycles. The van der Waals surface area contributed by atoms with Crippen molar-refractivity contribution < 1.29 is 50.5 Å². The Hall–Kier alpha value is -2.85. The SMILES string of the molecule is O=C(O)C1(F)C=CC(c2cc(F)c(F)c(F)c2F)=C(F)C1(F)C(=O)O. The monoisotopic (exact) mass is 370 g/mol. The summed E-state index contributed by atoms with van der Waals surface area (Å²) in [5.41, 5.74) is -12.3. The van der Waals surface area contributed by atoms with E-state index in [1.165, 1.54) is 0 Å². The van der Waals surface area contributed by atoms with Gasteiger partial charge < -0.3 is 10.2 Å². The molecule has 1 aromatic rings. The van der Waals surface area contributed by atoms with Gasteiger partial charge in [0.15, 0.2) is 29.1 Å². The van der Waals surface area contributed by atoms with Crippen LogP contribution >= 0.6 is 0 Å². The van der Waals surface area contributed by atoms with Crippen LogP contribution in [0.1, 0.15) is 5.56 Å². The molecule has 0 radical (unpaired) electrons. The quantitative estimate of drug-likeness (QED) is 0.487. The zero-order chi connectivity index (χ0) is 19.3. The maximum absolute atomic E-state index is 14.5. The standard InChI is InChI=1S/C14H5F7O4/c15-6-3-5(7(16)9(18)8(6)17)4-1-2-13(20,11(22)23)14(21,10(4)19)12(24)25/h1-3H,(H,22,23)(H,24,25). The van der Waals surface area contributed by atoms with E-state index in [1.54, 1.807) is 0 Å². The van der Waals surface area contributed by atoms with Gasteiger partial charge >= 0.3 is 17.6 Å². The van der Waals surface area contributed by atoms with Crippen molar-refractivity contribution in [1.29, 1.82) is 0 Å². The van der Waals surface area contributed by atoms with Crippen molar-refractivity contribution in [2.75, 3.05) is 0 Å². The summed E-state index contributed by atoms with van der Waals surface area (Å²) in [6.45, 7) is 0. The van der Waals surface area contributed by atoms with Gasteiger partial charge in [-0.1, -0.05) is 6.08 Å². The molecule has 4 nitrogen and oxygen atoms in total. The van der Waals surface area contributed by atoms with Crippen LogP contribution in [-0.4, -0.2) is 33.5 Å². The second-order valence-electron chi connectivity index (χ2n) is 4.89. The highest BCUT2D eigenvalue weighted by molar-refractivity contribution is 6.00. The second kappa shape index (κ2) is 5.60. The second-order valence-corrected chi connectivity index (χ2v) is 4.89. The van der Waals surface area contributed by atoms with Crippen molar-refractivity contribution in [2.45, 2.75) is 11.3 Å². The molecule has 0 spiro atoms. The fourth-order valence-corrected chi connectivity index (χ4v) is 2.18. The molecule has 0 aliphatic heterocycles. The number of carboxylic acid groups (broad SMARTS) is 2. The first kappa shape index (κ1) is 18.5. The molecule has 1 aliphatic rings. The average Bonchev–Trinajstić information content (AvgIpc) is 2.54. The van der Waals surface area contributed by atoms with Gasteiger partial charge in [-0.25, -0.2) is 40.3 Å². The topological polar surface area (TPSA) is 74.6 Å². The molecule has 0 saturated carbocycles. The summed E-state index contributed by atoms with van der Waals surface area (Å²) in [6, 6.07) is -0.124. The highest BCUT2D eigenvalue weighted by Gasteiger charge is 2.68. The molecular weight excluding hydrogens is 365 g/mol. The molecule has 0 aromatic heterocycles. The van der Waals surface area contributed by atoms with Gasteiger partial charge in [-0.05, 0) is 12.1 Å². The summed E-state index contributed by atoms with van der Waals surface area (Å²) < 4.78 is 96.1. The predicted molar refractivity (Wildman–Crippen MR) is 66.4 cm³/mol. The average molecular weight is 370 g/mol. The lowest BCUT2D eigenvalue weighted by molar-refractivity contribution is -0.172. The van der Waals surface area contributed by atoms with Crippen molar-refractivity contribution in [3.8, 4) is 0 Å². The highest BCUT2D eigenvalue weighted by atomic mass is 19.2. The van der Waals surface area contributed by atoms with Gasteiger partial charge in [0.1, 0.15) is 0 Å². The number of halogens is 7. The van der Waals surface area contributed by atoms with Crippen molar-refractivity contribution in [3.05, 3.63) is 52.9 Å². The van der Waals surface area contributed by atoms with Gasteiger partial charge in [-0.3, -0.25) is 0 Å². The summed E-state index contributed by atoms with van der Waals surface area (Å²) >= 11 is 0. The van der Waals surface area contributed by atoms with Crippen LogP contribution in [0.3, 0.4) is 0 Å². The smallest absolute Gasteiger partial charge is 0.353 e. The van der Waals surface area contributed by atoms with Crippen LogP contribution in [0.5, 0.6) is 0 Å². The minimum atomic E-state index is -4.86. The third-order valence-electron chi connectivity index (χ3n) is 3.52. The Morgan fingerprint density at radius 1 is 0.880 bits per heavy atom. The van der Waals surface area contributed by atoms with Gasteiger partial charge in [-0.2, -0.15) is 0 Å². The maximum Gasteiger partial charge on any atom is 0.353 e. The number of benzene rings is 1. The van der Waals surface area contributed by atoms with E-state index in [-0.39, 0.29) is 18.2 Å². The zero-order valence-electron chi connectivity index (χ0n) is 11.6. The molecular formula is C14H5F7O4. The number of rotatable bonds is 3. The van der Waals surface area contributed by atoms with Crippen LogP contribution in [0, 0.1) is 23.3 Å². The molecule has 0 amide bonds. The van der Waals surface area contributed by atoms with Crippen molar-refractivity contribution in [3.63, 3.8) is 0 Å². The van der Waals surface area contributed by atoms with E-state index in [1.807, 2.05) is 0 Å². The molecule has 2 unspecified atom stereocenters. The van der Waals surface area contributed by atoms with Crippen LogP contribution in [0.25, 0.3) is 5.57 Å². The Bertz CT molecular complexity index is 863. The summed E-state index contributed by atoms with van der Waals surface area (Å²) in [6.07, 6.45) is -0.181. The molecule has 2 N–H and O–H groups in total. The molecule has 1 aromatic carbocycles. The Morgan fingerprint density at radius 2 is 1.44 bits per heavy atom. The molecule has 2 atom stereocenters. The Kier molecular flexibility index (Phi) is 4.14. The highest BCUT2D eigenvalue weighted by Crippen LogP contribution is 2.47. The van der Waals surface area contributed by atoms with Crippen LogP contribution in [-0.2, 0) is 9.59 Å². The third-order valence-corrected chi connectivity index (χ3v) is 3.52. The molecule has 0 bridgehead atoms. The number of alkyl halides is 2. The molecule has 134 valence electrons. The summed E-state index contributed by atoms with van der Waals surface area (Å²) in [4.78, 5) is 21.8. The van der Waals surface area contributed by atoms with E-state index in [4.69, 9.17) is 10.2 Å². The summed E-state index contributed by atoms with van der Waals surface area (Å²) in [5, 5.41) is 17.4. The molecule has 0 fully saturated rings. The molecule has 2 rings (SSSR count). The van der Waals surface area contributed by atoms with E-state index in [0.717, 1.165) is 0 Å². The number of allylic oxidation sites excluding steroid dienone is 2. The van der Waals surface area contributed by atoms with Crippen molar-refractivity contribution in [1.82, 2.24) is 0 Å². The molecule has 11 heteroatoms. The van der Waals surface area contributed by atoms with Gasteiger partial charge in [0.25, 0.3) is 5.67 Å². The van der Waals surface area contributed by atoms with Crippen molar-refractivity contribution >= 4 is 17.5 Å². The molecule has 0 heterocycles. The molecule has 25 heavy (non-hydrogen) atoms. The number of aliphatic carboxylic acids is 2. The van der Waals surface area contributed by atoms with Gasteiger partial charge in [0.2, 0.25) is 0 Å². The first-order chi connectivity index (χ1) is 11.4. The lowest BCUT2D eigenvalue weighted by atomic mass is 9.77. The van der Waals surface area contributed by atoms with E-state index in [2.05, 4.69) is 0 Å². The summed E-state index contributed by atoms with van der Waals surface area (Å²) in [7, 11) is 0. The first-order valence-corrected chi connectivity index (χ1v) is 6.17. The van der Waals surface area contributed by atoms with Gasteiger partial charge in [-0.15, -0.1) is 0 Å². The fraction of sp³-hybridized carbons (Fsp3) is 0.143. The Morgan fingerprint density at radius 3 is 1.92 bits per heavy atom. The zero-order valence-corrected chi connectivity index (χ0v) is 11.6. The van der Waals surface area contributed by atoms with Crippen LogP contribution < -0.4 is 0 Å². The van der Waals surface area contributed by atoms with Crippen molar-refractivity contribution in [2.24, 2.45) is 0 Å². The Labute approximate surface area is 133 Å². The minimum Gasteiger partial charge on any atom is -0.479 e. The lowest BCUT2D eigenvalue weighted by Crippen LogP contribution is -2.58. The van der Waals surface area contributed by atoms with E-state index in [0.29, 0.717) is 0 Å². The summed E-state index contributed by atoms with van der Waals surface area (Å²) in [5.74, 6) is -17.3. The van der Waals surface area contributed by atoms with E-state index < -0.39 is 63.5 Å². The first-order valence-electron chi connectivity index (χ1n) is 6.17. The largest absolute Gasteiger partial charge is 0.479 e. The van der Waals surface area contributed by atoms with Crippen LogP contribution in [0.15, 0.2) is 24.0 Å². The fourth-order valence-electron chi connectivity index (χ4n) is 2.18. The third kappa shape index (κ3) is 2.29. The minimum absolute atomic E-state index is 0.0828. The number of hydrogen-bond donors (Lipinski definition) is 2. The van der Waals surface area contributed by atoms with Gasteiger partial charge in [0.05, 0.1) is 0 Å². The normalized spacial score (nSPS) is 26.0. The maximum atomic E-state index is 14.5. The number of carboxylic acids is 2. The molecule has 0 saturated heterocycles.